The number of aryl methyl sites for hydroxylation is 2. The Labute approximate surface area is 163 Å². The van der Waals surface area contributed by atoms with Gasteiger partial charge in [0.15, 0.2) is 0 Å². The minimum atomic E-state index is -3.46. The lowest BCUT2D eigenvalue weighted by molar-refractivity contribution is -0.917. The van der Waals surface area contributed by atoms with Crippen molar-refractivity contribution in [2.24, 2.45) is 0 Å². The molecule has 7 heteroatoms. The molecule has 0 aromatic heterocycles. The molecule has 2 aromatic rings. The zero-order valence-electron chi connectivity index (χ0n) is 15.0. The molecule has 140 valence electrons. The van der Waals surface area contributed by atoms with Gasteiger partial charge in [0.1, 0.15) is 12.3 Å². The fourth-order valence-electron chi connectivity index (χ4n) is 3.27. The number of quaternary nitrogens is 1. The highest BCUT2D eigenvalue weighted by Gasteiger charge is 2.30. The molecule has 26 heavy (non-hydrogen) atoms. The second kappa shape index (κ2) is 7.68. The standard InChI is InChI=1S/C19H23BrN2O3S/c1-14-10-16(19(23)11-15(14)2)13-21-6-8-22(9-7-21)26(24,25)18-5-3-4-17(20)12-18/h3-5,10-12,23H,6-9,13H2,1-2H3/p+1. The number of phenols is 1. The molecule has 2 N–H and O–H groups in total. The van der Waals surface area contributed by atoms with E-state index in [0.717, 1.165) is 34.3 Å². The lowest BCUT2D eigenvalue weighted by Crippen LogP contribution is -3.13. The lowest BCUT2D eigenvalue weighted by atomic mass is 10.0. The maximum absolute atomic E-state index is 12.8. The van der Waals surface area contributed by atoms with Crippen molar-refractivity contribution in [2.75, 3.05) is 26.2 Å². The molecular formula is C19H24BrN2O3S+. The van der Waals surface area contributed by atoms with Crippen molar-refractivity contribution in [3.05, 3.63) is 57.6 Å². The average Bonchev–Trinajstić information content (AvgIpc) is 2.60. The van der Waals surface area contributed by atoms with Crippen molar-refractivity contribution in [1.29, 1.82) is 0 Å². The normalized spacial score (nSPS) is 16.7. The highest BCUT2D eigenvalue weighted by atomic mass is 79.9. The van der Waals surface area contributed by atoms with Crippen LogP contribution >= 0.6 is 15.9 Å². The van der Waals surface area contributed by atoms with Crippen LogP contribution in [0, 0.1) is 13.8 Å². The van der Waals surface area contributed by atoms with E-state index in [1.807, 2.05) is 26.0 Å². The molecule has 0 atom stereocenters. The van der Waals surface area contributed by atoms with Gasteiger partial charge < -0.3 is 10.0 Å². The van der Waals surface area contributed by atoms with Gasteiger partial charge in [0.05, 0.1) is 31.1 Å². The van der Waals surface area contributed by atoms with Crippen LogP contribution in [-0.4, -0.2) is 44.0 Å². The lowest BCUT2D eigenvalue weighted by Gasteiger charge is -2.31. The molecule has 0 saturated carbocycles. The van der Waals surface area contributed by atoms with Crippen LogP contribution in [0.3, 0.4) is 0 Å². The predicted molar refractivity (Wildman–Crippen MR) is 105 cm³/mol. The van der Waals surface area contributed by atoms with E-state index in [1.165, 1.54) is 4.90 Å². The van der Waals surface area contributed by atoms with Gasteiger partial charge in [0.25, 0.3) is 0 Å². The molecular weight excluding hydrogens is 416 g/mol. The highest BCUT2D eigenvalue weighted by molar-refractivity contribution is 9.10. The van der Waals surface area contributed by atoms with Gasteiger partial charge in [-0.25, -0.2) is 8.42 Å². The molecule has 1 saturated heterocycles. The number of piperazine rings is 1. The second-order valence-corrected chi connectivity index (χ2v) is 9.71. The Morgan fingerprint density at radius 3 is 2.42 bits per heavy atom. The summed E-state index contributed by atoms with van der Waals surface area (Å²) in [6, 6.07) is 10.7. The smallest absolute Gasteiger partial charge is 0.243 e. The van der Waals surface area contributed by atoms with E-state index in [4.69, 9.17) is 0 Å². The summed E-state index contributed by atoms with van der Waals surface area (Å²) >= 11 is 3.33. The zero-order chi connectivity index (χ0) is 18.9. The summed E-state index contributed by atoms with van der Waals surface area (Å²) in [6.45, 7) is 7.13. The maximum Gasteiger partial charge on any atom is 0.243 e. The Kier molecular flexibility index (Phi) is 5.72. The molecule has 1 aliphatic heterocycles. The summed E-state index contributed by atoms with van der Waals surface area (Å²) in [5.74, 6) is 0.324. The van der Waals surface area contributed by atoms with Crippen molar-refractivity contribution in [3.8, 4) is 5.75 Å². The highest BCUT2D eigenvalue weighted by Crippen LogP contribution is 2.22. The number of rotatable bonds is 4. The van der Waals surface area contributed by atoms with Gasteiger partial charge in [-0.15, -0.1) is 0 Å². The van der Waals surface area contributed by atoms with Gasteiger partial charge in [-0.1, -0.05) is 22.0 Å². The Balaban J connectivity index is 1.67. The Hall–Kier alpha value is -1.41. The zero-order valence-corrected chi connectivity index (χ0v) is 17.4. The molecule has 2 aromatic carbocycles. The van der Waals surface area contributed by atoms with Crippen LogP contribution in [0.1, 0.15) is 16.7 Å². The topological polar surface area (TPSA) is 62.1 Å². The third-order valence-electron chi connectivity index (χ3n) is 5.00. The van der Waals surface area contributed by atoms with Crippen LogP contribution in [0.4, 0.5) is 0 Å². The van der Waals surface area contributed by atoms with Gasteiger partial charge in [0.2, 0.25) is 10.0 Å². The van der Waals surface area contributed by atoms with Gasteiger partial charge in [-0.05, 0) is 55.3 Å². The summed E-state index contributed by atoms with van der Waals surface area (Å²) in [4.78, 5) is 1.60. The van der Waals surface area contributed by atoms with Crippen LogP contribution in [-0.2, 0) is 16.6 Å². The van der Waals surface area contributed by atoms with E-state index >= 15 is 0 Å². The number of halogens is 1. The Morgan fingerprint density at radius 1 is 1.12 bits per heavy atom. The summed E-state index contributed by atoms with van der Waals surface area (Å²) < 4.78 is 27.9. The van der Waals surface area contributed by atoms with Gasteiger partial charge in [-0.2, -0.15) is 4.31 Å². The molecule has 5 nitrogen and oxygen atoms in total. The first-order valence-corrected chi connectivity index (χ1v) is 10.9. The van der Waals surface area contributed by atoms with Crippen molar-refractivity contribution >= 4 is 26.0 Å². The fraction of sp³-hybridized carbons (Fsp3) is 0.368. The summed E-state index contributed by atoms with van der Waals surface area (Å²) in [5, 5.41) is 10.2. The fourth-order valence-corrected chi connectivity index (χ4v) is 5.31. The first-order valence-electron chi connectivity index (χ1n) is 8.66. The van der Waals surface area contributed by atoms with Crippen LogP contribution in [0.5, 0.6) is 5.75 Å². The molecule has 0 bridgehead atoms. The van der Waals surface area contributed by atoms with E-state index in [1.54, 1.807) is 28.6 Å². The second-order valence-electron chi connectivity index (χ2n) is 6.85. The minimum Gasteiger partial charge on any atom is -0.507 e. The summed E-state index contributed by atoms with van der Waals surface area (Å²) in [7, 11) is -3.46. The summed E-state index contributed by atoms with van der Waals surface area (Å²) in [6.07, 6.45) is 0. The summed E-state index contributed by atoms with van der Waals surface area (Å²) in [5.41, 5.74) is 3.16. The monoisotopic (exact) mass is 439 g/mol. The Bertz CT molecular complexity index is 907. The van der Waals surface area contributed by atoms with Crippen molar-refractivity contribution in [2.45, 2.75) is 25.3 Å². The van der Waals surface area contributed by atoms with Crippen molar-refractivity contribution in [3.63, 3.8) is 0 Å². The molecule has 0 unspecified atom stereocenters. The quantitative estimate of drug-likeness (QED) is 0.763. The number of nitrogens with zero attached hydrogens (tertiary/aromatic N) is 1. The van der Waals surface area contributed by atoms with Crippen LogP contribution < -0.4 is 4.90 Å². The van der Waals surface area contributed by atoms with Crippen LogP contribution in [0.15, 0.2) is 45.8 Å². The number of nitrogens with one attached hydrogen (secondary N) is 1. The number of hydrogen-bond acceptors (Lipinski definition) is 3. The molecule has 1 fully saturated rings. The molecule has 0 radical (unpaired) electrons. The maximum atomic E-state index is 12.8. The van der Waals surface area contributed by atoms with Crippen molar-refractivity contribution < 1.29 is 18.4 Å². The van der Waals surface area contributed by atoms with E-state index in [-0.39, 0.29) is 0 Å². The van der Waals surface area contributed by atoms with E-state index < -0.39 is 10.0 Å². The average molecular weight is 440 g/mol. The number of aromatic hydroxyl groups is 1. The number of sulfonamides is 1. The van der Waals surface area contributed by atoms with E-state index in [9.17, 15) is 13.5 Å². The number of phenolic OH excluding ortho intramolecular Hbond substituents is 1. The van der Waals surface area contributed by atoms with Crippen molar-refractivity contribution in [1.82, 2.24) is 4.31 Å². The van der Waals surface area contributed by atoms with Gasteiger partial charge >= 0.3 is 0 Å². The number of hydrogen-bond donors (Lipinski definition) is 2. The molecule has 1 heterocycles. The van der Waals surface area contributed by atoms with E-state index in [0.29, 0.717) is 30.3 Å². The SMILES string of the molecule is Cc1cc(O)c(C[NH+]2CCN(S(=O)(=O)c3cccc(Br)c3)CC2)cc1C. The minimum absolute atomic E-state index is 0.321. The Morgan fingerprint density at radius 2 is 1.77 bits per heavy atom. The number of benzene rings is 2. The molecule has 0 spiro atoms. The van der Waals surface area contributed by atoms with Gasteiger partial charge in [0, 0.05) is 10.0 Å². The molecule has 3 rings (SSSR count). The molecule has 0 aliphatic carbocycles. The first kappa shape index (κ1) is 19.4. The molecule has 0 amide bonds. The first-order chi connectivity index (χ1) is 12.3. The van der Waals surface area contributed by atoms with Crippen LogP contribution in [0.2, 0.25) is 0 Å². The third kappa shape index (κ3) is 4.11. The third-order valence-corrected chi connectivity index (χ3v) is 7.39. The largest absolute Gasteiger partial charge is 0.507 e. The molecule has 1 aliphatic rings. The van der Waals surface area contributed by atoms with Gasteiger partial charge in [-0.3, -0.25) is 0 Å². The van der Waals surface area contributed by atoms with E-state index in [2.05, 4.69) is 15.9 Å². The predicted octanol–water partition coefficient (Wildman–Crippen LogP) is 1.86. The van der Waals surface area contributed by atoms with Crippen LogP contribution in [0.25, 0.3) is 0 Å².